The molecule has 0 aliphatic carbocycles. The number of benzene rings is 2. The van der Waals surface area contributed by atoms with Crippen molar-refractivity contribution in [3.63, 3.8) is 0 Å². The van der Waals surface area contributed by atoms with Crippen molar-refractivity contribution < 1.29 is 13.9 Å². The lowest BCUT2D eigenvalue weighted by Gasteiger charge is -2.08. The van der Waals surface area contributed by atoms with Crippen molar-refractivity contribution in [3.05, 3.63) is 53.8 Å². The van der Waals surface area contributed by atoms with E-state index < -0.39 is 5.97 Å². The molecule has 0 fully saturated rings. The maximum Gasteiger partial charge on any atom is 0.338 e. The van der Waals surface area contributed by atoms with E-state index in [0.29, 0.717) is 22.8 Å². The van der Waals surface area contributed by atoms with Gasteiger partial charge in [0.05, 0.1) is 12.2 Å². The fourth-order valence-corrected chi connectivity index (χ4v) is 2.57. The summed E-state index contributed by atoms with van der Waals surface area (Å²) in [7, 11) is 0. The molecule has 0 aliphatic rings. The first-order chi connectivity index (χ1) is 9.60. The standard InChI is InChI=1S/C15H14FNO2S/c1-2-19-15(18)10-6-7-13(17)14(8-10)20-12-5-3-4-11(16)9-12/h3-9H,2,17H2,1H3. The van der Waals surface area contributed by atoms with E-state index in [-0.39, 0.29) is 5.82 Å². The van der Waals surface area contributed by atoms with Gasteiger partial charge in [0.15, 0.2) is 0 Å². The quantitative estimate of drug-likeness (QED) is 0.688. The van der Waals surface area contributed by atoms with Crippen LogP contribution in [0.15, 0.2) is 52.3 Å². The minimum absolute atomic E-state index is 0.310. The molecule has 2 aromatic rings. The number of nitrogen functional groups attached to an aromatic ring is 1. The van der Waals surface area contributed by atoms with E-state index in [9.17, 15) is 9.18 Å². The third kappa shape index (κ3) is 3.51. The maximum absolute atomic E-state index is 13.2. The number of hydrogen-bond acceptors (Lipinski definition) is 4. The van der Waals surface area contributed by atoms with Crippen LogP contribution in [0.2, 0.25) is 0 Å². The summed E-state index contributed by atoms with van der Waals surface area (Å²) < 4.78 is 18.1. The Labute approximate surface area is 120 Å². The highest BCUT2D eigenvalue weighted by molar-refractivity contribution is 7.99. The summed E-state index contributed by atoms with van der Waals surface area (Å²) in [5.41, 5.74) is 6.85. The average Bonchev–Trinajstić information content (AvgIpc) is 2.41. The largest absolute Gasteiger partial charge is 0.462 e. The summed E-state index contributed by atoms with van der Waals surface area (Å²) in [4.78, 5) is 13.1. The van der Waals surface area contributed by atoms with Gasteiger partial charge >= 0.3 is 5.97 Å². The summed E-state index contributed by atoms with van der Waals surface area (Å²) in [5, 5.41) is 0. The number of esters is 1. The Hall–Kier alpha value is -2.01. The highest BCUT2D eigenvalue weighted by Crippen LogP contribution is 2.33. The fraction of sp³-hybridized carbons (Fsp3) is 0.133. The van der Waals surface area contributed by atoms with Gasteiger partial charge in [-0.1, -0.05) is 17.8 Å². The summed E-state index contributed by atoms with van der Waals surface area (Å²) in [5.74, 6) is -0.705. The van der Waals surface area contributed by atoms with Gasteiger partial charge in [-0.15, -0.1) is 0 Å². The molecule has 3 nitrogen and oxygen atoms in total. The second-order valence-electron chi connectivity index (χ2n) is 4.03. The maximum atomic E-state index is 13.2. The van der Waals surface area contributed by atoms with Crippen LogP contribution in [-0.2, 0) is 4.74 Å². The predicted octanol–water partition coefficient (Wildman–Crippen LogP) is 3.74. The molecule has 104 valence electrons. The number of nitrogens with two attached hydrogens (primary N) is 1. The van der Waals surface area contributed by atoms with Gasteiger partial charge in [0.2, 0.25) is 0 Å². The van der Waals surface area contributed by atoms with Crippen molar-refractivity contribution in [1.82, 2.24) is 0 Å². The number of hydrogen-bond donors (Lipinski definition) is 1. The van der Waals surface area contributed by atoms with Crippen LogP contribution in [0.4, 0.5) is 10.1 Å². The first-order valence-corrected chi connectivity index (χ1v) is 6.92. The topological polar surface area (TPSA) is 52.3 Å². The summed E-state index contributed by atoms with van der Waals surface area (Å²) in [6.07, 6.45) is 0. The minimum atomic E-state index is -0.395. The number of anilines is 1. The Kier molecular flexibility index (Phi) is 4.63. The lowest BCUT2D eigenvalue weighted by molar-refractivity contribution is 0.0526. The van der Waals surface area contributed by atoms with E-state index in [1.807, 2.05) is 0 Å². The Morgan fingerprint density at radius 2 is 2.10 bits per heavy atom. The fourth-order valence-electron chi connectivity index (χ4n) is 1.62. The zero-order valence-corrected chi connectivity index (χ0v) is 11.7. The van der Waals surface area contributed by atoms with Crippen molar-refractivity contribution in [2.75, 3.05) is 12.3 Å². The molecule has 0 amide bonds. The zero-order chi connectivity index (χ0) is 14.5. The predicted molar refractivity (Wildman–Crippen MR) is 77.3 cm³/mol. The molecular formula is C15H14FNO2S. The molecule has 0 heterocycles. The average molecular weight is 291 g/mol. The summed E-state index contributed by atoms with van der Waals surface area (Å²) >= 11 is 1.31. The van der Waals surface area contributed by atoms with E-state index in [1.54, 1.807) is 37.3 Å². The van der Waals surface area contributed by atoms with Gasteiger partial charge in [0, 0.05) is 15.5 Å². The molecule has 0 radical (unpaired) electrons. The van der Waals surface area contributed by atoms with Crippen LogP contribution in [0.1, 0.15) is 17.3 Å². The van der Waals surface area contributed by atoms with E-state index in [0.717, 1.165) is 4.90 Å². The van der Waals surface area contributed by atoms with Crippen LogP contribution in [0, 0.1) is 5.82 Å². The van der Waals surface area contributed by atoms with Gasteiger partial charge in [-0.3, -0.25) is 0 Å². The van der Waals surface area contributed by atoms with Crippen LogP contribution in [0.3, 0.4) is 0 Å². The van der Waals surface area contributed by atoms with Gasteiger partial charge in [-0.05, 0) is 43.3 Å². The molecule has 0 atom stereocenters. The van der Waals surface area contributed by atoms with Gasteiger partial charge in [0.25, 0.3) is 0 Å². The highest BCUT2D eigenvalue weighted by Gasteiger charge is 2.10. The Morgan fingerprint density at radius 1 is 1.30 bits per heavy atom. The monoisotopic (exact) mass is 291 g/mol. The Bertz CT molecular complexity index is 631. The lowest BCUT2D eigenvalue weighted by Crippen LogP contribution is -2.05. The number of halogens is 1. The first-order valence-electron chi connectivity index (χ1n) is 6.10. The van der Waals surface area contributed by atoms with Crippen LogP contribution in [0.25, 0.3) is 0 Å². The highest BCUT2D eigenvalue weighted by atomic mass is 32.2. The first kappa shape index (κ1) is 14.4. The van der Waals surface area contributed by atoms with E-state index in [1.165, 1.54) is 23.9 Å². The molecular weight excluding hydrogens is 277 g/mol. The van der Waals surface area contributed by atoms with Crippen molar-refractivity contribution >= 4 is 23.4 Å². The second kappa shape index (κ2) is 6.43. The van der Waals surface area contributed by atoms with E-state index >= 15 is 0 Å². The second-order valence-corrected chi connectivity index (χ2v) is 5.15. The molecule has 0 aromatic heterocycles. The smallest absolute Gasteiger partial charge is 0.338 e. The van der Waals surface area contributed by atoms with Crippen LogP contribution >= 0.6 is 11.8 Å². The summed E-state index contributed by atoms with van der Waals surface area (Å²) in [6, 6.07) is 11.1. The van der Waals surface area contributed by atoms with Crippen molar-refractivity contribution in [2.45, 2.75) is 16.7 Å². The number of rotatable bonds is 4. The third-order valence-corrected chi connectivity index (χ3v) is 3.61. The normalized spacial score (nSPS) is 10.3. The Morgan fingerprint density at radius 3 is 2.80 bits per heavy atom. The molecule has 0 saturated heterocycles. The zero-order valence-electron chi connectivity index (χ0n) is 10.9. The lowest BCUT2D eigenvalue weighted by atomic mass is 10.2. The van der Waals surface area contributed by atoms with Crippen molar-refractivity contribution in [3.8, 4) is 0 Å². The molecule has 5 heteroatoms. The molecule has 2 aromatic carbocycles. The minimum Gasteiger partial charge on any atom is -0.462 e. The number of ether oxygens (including phenoxy) is 1. The van der Waals surface area contributed by atoms with Gasteiger partial charge in [-0.2, -0.15) is 0 Å². The molecule has 20 heavy (non-hydrogen) atoms. The van der Waals surface area contributed by atoms with Crippen LogP contribution < -0.4 is 5.73 Å². The molecule has 2 N–H and O–H groups in total. The molecule has 0 bridgehead atoms. The van der Waals surface area contributed by atoms with E-state index in [4.69, 9.17) is 10.5 Å². The van der Waals surface area contributed by atoms with Crippen molar-refractivity contribution in [1.29, 1.82) is 0 Å². The van der Waals surface area contributed by atoms with Gasteiger partial charge in [0.1, 0.15) is 5.82 Å². The SMILES string of the molecule is CCOC(=O)c1ccc(N)c(Sc2cccc(F)c2)c1. The molecule has 2 rings (SSSR count). The van der Waals surface area contributed by atoms with Crippen molar-refractivity contribution in [2.24, 2.45) is 0 Å². The van der Waals surface area contributed by atoms with Gasteiger partial charge < -0.3 is 10.5 Å². The number of carbonyl (C=O) groups is 1. The number of carbonyl (C=O) groups excluding carboxylic acids is 1. The van der Waals surface area contributed by atoms with E-state index in [2.05, 4.69) is 0 Å². The molecule has 0 spiro atoms. The van der Waals surface area contributed by atoms with Crippen LogP contribution in [0.5, 0.6) is 0 Å². The van der Waals surface area contributed by atoms with Gasteiger partial charge in [-0.25, -0.2) is 9.18 Å². The Balaban J connectivity index is 2.27. The third-order valence-electron chi connectivity index (χ3n) is 2.55. The summed E-state index contributed by atoms with van der Waals surface area (Å²) in [6.45, 7) is 2.06. The molecule has 0 aliphatic heterocycles. The van der Waals surface area contributed by atoms with Crippen LogP contribution in [-0.4, -0.2) is 12.6 Å². The molecule has 0 unspecified atom stereocenters. The molecule has 0 saturated carbocycles.